The van der Waals surface area contributed by atoms with E-state index in [2.05, 4.69) is 15.9 Å². The minimum Gasteiger partial charge on any atom is -0.297 e. The van der Waals surface area contributed by atoms with Gasteiger partial charge in [-0.05, 0) is 39.9 Å². The topological polar surface area (TPSA) is 17.1 Å². The summed E-state index contributed by atoms with van der Waals surface area (Å²) in [6, 6.07) is 6.02. The molecule has 0 fully saturated rings. The van der Waals surface area contributed by atoms with Gasteiger partial charge in [-0.15, -0.1) is 11.3 Å². The van der Waals surface area contributed by atoms with Crippen molar-refractivity contribution in [1.29, 1.82) is 0 Å². The molecule has 0 amide bonds. The van der Waals surface area contributed by atoms with Crippen molar-refractivity contribution in [2.24, 2.45) is 0 Å². The molecule has 1 aromatic carbocycles. The number of aldehydes is 1. The molecule has 2 rings (SSSR count). The molecule has 0 N–H and O–H groups in total. The van der Waals surface area contributed by atoms with E-state index in [0.29, 0.717) is 0 Å². The molecular formula is C10H7BrOS. The van der Waals surface area contributed by atoms with Gasteiger partial charge in [0.2, 0.25) is 0 Å². The van der Waals surface area contributed by atoms with Crippen molar-refractivity contribution >= 4 is 43.6 Å². The zero-order valence-electron chi connectivity index (χ0n) is 7.00. The predicted octanol–water partition coefficient (Wildman–Crippen LogP) is 3.78. The van der Waals surface area contributed by atoms with E-state index in [1.165, 1.54) is 16.7 Å². The van der Waals surface area contributed by atoms with Gasteiger partial charge in [0.25, 0.3) is 0 Å². The highest BCUT2D eigenvalue weighted by Crippen LogP contribution is 2.34. The molecule has 66 valence electrons. The molecule has 13 heavy (non-hydrogen) atoms. The summed E-state index contributed by atoms with van der Waals surface area (Å²) >= 11 is 5.00. The summed E-state index contributed by atoms with van der Waals surface area (Å²) in [7, 11) is 0. The smallest absolute Gasteiger partial charge is 0.160 e. The van der Waals surface area contributed by atoms with Gasteiger partial charge < -0.3 is 0 Å². The summed E-state index contributed by atoms with van der Waals surface area (Å²) in [5, 5.41) is 1.17. The summed E-state index contributed by atoms with van der Waals surface area (Å²) in [5.74, 6) is 0. The molecule has 3 heteroatoms. The van der Waals surface area contributed by atoms with Gasteiger partial charge >= 0.3 is 0 Å². The van der Waals surface area contributed by atoms with Crippen LogP contribution in [0.2, 0.25) is 0 Å². The Balaban J connectivity index is 2.91. The van der Waals surface area contributed by atoms with E-state index in [1.54, 1.807) is 0 Å². The molecule has 0 aliphatic carbocycles. The van der Waals surface area contributed by atoms with Crippen LogP contribution in [0.25, 0.3) is 10.1 Å². The number of hydrogen-bond acceptors (Lipinski definition) is 2. The molecule has 0 bridgehead atoms. The van der Waals surface area contributed by atoms with Gasteiger partial charge in [-0.2, -0.15) is 0 Å². The van der Waals surface area contributed by atoms with Gasteiger partial charge in [-0.3, -0.25) is 4.79 Å². The number of carbonyl (C=O) groups excluding carboxylic acids is 1. The van der Waals surface area contributed by atoms with Crippen LogP contribution in [-0.2, 0) is 0 Å². The summed E-state index contributed by atoms with van der Waals surface area (Å²) in [6.07, 6.45) is 0.923. The molecular weight excluding hydrogens is 248 g/mol. The van der Waals surface area contributed by atoms with Crippen molar-refractivity contribution in [1.82, 2.24) is 0 Å². The average Bonchev–Trinajstić information content (AvgIpc) is 2.45. The predicted molar refractivity (Wildman–Crippen MR) is 59.6 cm³/mol. The van der Waals surface area contributed by atoms with Gasteiger partial charge in [0.15, 0.2) is 6.29 Å². The second-order valence-electron chi connectivity index (χ2n) is 2.83. The second kappa shape index (κ2) is 3.24. The van der Waals surface area contributed by atoms with Crippen molar-refractivity contribution in [3.63, 3.8) is 0 Å². The van der Waals surface area contributed by atoms with Crippen molar-refractivity contribution in [2.45, 2.75) is 6.92 Å². The molecule has 0 spiro atoms. The first kappa shape index (κ1) is 8.91. The lowest BCUT2D eigenvalue weighted by atomic mass is 10.1. The molecule has 2 aromatic rings. The van der Waals surface area contributed by atoms with Crippen molar-refractivity contribution in [3.05, 3.63) is 33.1 Å². The first-order valence-corrected chi connectivity index (χ1v) is 5.48. The Bertz CT molecular complexity index is 473. The molecule has 0 atom stereocenters. The largest absolute Gasteiger partial charge is 0.297 e. The summed E-state index contributed by atoms with van der Waals surface area (Å²) in [5.41, 5.74) is 1.08. The number of carbonyl (C=O) groups is 1. The third-order valence-corrected chi connectivity index (χ3v) is 4.25. The Labute approximate surface area is 88.5 Å². The van der Waals surface area contributed by atoms with Gasteiger partial charge in [0.1, 0.15) is 0 Å². The van der Waals surface area contributed by atoms with Gasteiger partial charge in [-0.25, -0.2) is 0 Å². The normalized spacial score (nSPS) is 10.6. The minimum absolute atomic E-state index is 0.821. The number of fused-ring (bicyclic) bond motifs is 1. The van der Waals surface area contributed by atoms with E-state index >= 15 is 0 Å². The minimum atomic E-state index is 0.821. The Morgan fingerprint density at radius 3 is 2.85 bits per heavy atom. The average molecular weight is 255 g/mol. The summed E-state index contributed by atoms with van der Waals surface area (Å²) < 4.78 is 2.22. The Kier molecular flexibility index (Phi) is 2.22. The van der Waals surface area contributed by atoms with Crippen molar-refractivity contribution in [3.8, 4) is 0 Å². The van der Waals surface area contributed by atoms with Crippen LogP contribution in [0.1, 0.15) is 15.2 Å². The Morgan fingerprint density at radius 1 is 1.46 bits per heavy atom. The van der Waals surface area contributed by atoms with Crippen molar-refractivity contribution in [2.75, 3.05) is 0 Å². The molecule has 0 radical (unpaired) electrons. The highest BCUT2D eigenvalue weighted by atomic mass is 79.9. The third-order valence-electron chi connectivity index (χ3n) is 2.06. The molecule has 1 aromatic heterocycles. The van der Waals surface area contributed by atoms with Crippen LogP contribution in [-0.4, -0.2) is 6.29 Å². The van der Waals surface area contributed by atoms with E-state index < -0.39 is 0 Å². The van der Waals surface area contributed by atoms with Crippen LogP contribution < -0.4 is 0 Å². The first-order chi connectivity index (χ1) is 6.24. The monoisotopic (exact) mass is 254 g/mol. The Hall–Kier alpha value is -0.670. The SMILES string of the molecule is Cc1c(C=O)sc2c(Br)cccc12. The number of thiophene rings is 1. The number of benzene rings is 1. The summed E-state index contributed by atoms with van der Waals surface area (Å²) in [6.45, 7) is 1.98. The lowest BCUT2D eigenvalue weighted by Gasteiger charge is -1.92. The van der Waals surface area contributed by atoms with Crippen LogP contribution in [0.3, 0.4) is 0 Å². The number of hydrogen-bond donors (Lipinski definition) is 0. The van der Waals surface area contributed by atoms with E-state index in [-0.39, 0.29) is 0 Å². The molecule has 0 aliphatic heterocycles. The zero-order valence-corrected chi connectivity index (χ0v) is 9.41. The number of aryl methyl sites for hydroxylation is 1. The number of halogens is 1. The second-order valence-corrected chi connectivity index (χ2v) is 4.73. The van der Waals surface area contributed by atoms with E-state index in [1.807, 2.05) is 25.1 Å². The zero-order chi connectivity index (χ0) is 9.42. The quantitative estimate of drug-likeness (QED) is 0.708. The molecule has 1 nitrogen and oxygen atoms in total. The highest BCUT2D eigenvalue weighted by molar-refractivity contribution is 9.10. The fraction of sp³-hybridized carbons (Fsp3) is 0.100. The van der Waals surface area contributed by atoms with Gasteiger partial charge in [0.05, 0.1) is 4.88 Å². The van der Waals surface area contributed by atoms with Crippen LogP contribution in [0.5, 0.6) is 0 Å². The number of rotatable bonds is 1. The first-order valence-electron chi connectivity index (χ1n) is 3.87. The van der Waals surface area contributed by atoms with Crippen LogP contribution >= 0.6 is 27.3 Å². The van der Waals surface area contributed by atoms with E-state index in [0.717, 1.165) is 25.9 Å². The fourth-order valence-corrected chi connectivity index (χ4v) is 2.98. The van der Waals surface area contributed by atoms with E-state index in [9.17, 15) is 4.79 Å². The van der Waals surface area contributed by atoms with Crippen LogP contribution in [0, 0.1) is 6.92 Å². The summed E-state index contributed by atoms with van der Waals surface area (Å²) in [4.78, 5) is 11.5. The third kappa shape index (κ3) is 1.32. The molecule has 0 saturated heterocycles. The van der Waals surface area contributed by atoms with Crippen molar-refractivity contribution < 1.29 is 4.79 Å². The maximum Gasteiger partial charge on any atom is 0.160 e. The van der Waals surface area contributed by atoms with Crippen LogP contribution in [0.15, 0.2) is 22.7 Å². The van der Waals surface area contributed by atoms with Crippen LogP contribution in [0.4, 0.5) is 0 Å². The Morgan fingerprint density at radius 2 is 2.23 bits per heavy atom. The maximum absolute atomic E-state index is 10.7. The van der Waals surface area contributed by atoms with Gasteiger partial charge in [-0.1, -0.05) is 12.1 Å². The van der Waals surface area contributed by atoms with E-state index in [4.69, 9.17) is 0 Å². The lowest BCUT2D eigenvalue weighted by Crippen LogP contribution is -1.75. The molecule has 0 aliphatic rings. The highest BCUT2D eigenvalue weighted by Gasteiger charge is 2.08. The van der Waals surface area contributed by atoms with Gasteiger partial charge in [0, 0.05) is 9.17 Å². The molecule has 0 unspecified atom stereocenters. The standard InChI is InChI=1S/C10H7BrOS/c1-6-7-3-2-4-8(11)10(7)13-9(6)5-12/h2-5H,1H3. The maximum atomic E-state index is 10.7. The molecule has 1 heterocycles. The lowest BCUT2D eigenvalue weighted by molar-refractivity contribution is 0.112. The fourth-order valence-electron chi connectivity index (χ4n) is 1.34. The molecule has 0 saturated carbocycles.